The van der Waals surface area contributed by atoms with E-state index in [4.69, 9.17) is 4.74 Å². The number of hydrogen-bond acceptors (Lipinski definition) is 6. The quantitative estimate of drug-likeness (QED) is 0.724. The zero-order valence-corrected chi connectivity index (χ0v) is 17.7. The van der Waals surface area contributed by atoms with Crippen LogP contribution in [0.3, 0.4) is 0 Å². The molecular formula is C20H27N3O5S. The van der Waals surface area contributed by atoms with Gasteiger partial charge in [-0.1, -0.05) is 26.0 Å². The van der Waals surface area contributed by atoms with Crippen LogP contribution < -0.4 is 5.32 Å². The van der Waals surface area contributed by atoms with E-state index < -0.39 is 22.1 Å². The van der Waals surface area contributed by atoms with Crippen molar-refractivity contribution in [2.75, 3.05) is 19.6 Å². The van der Waals surface area contributed by atoms with Gasteiger partial charge in [0.15, 0.2) is 11.9 Å². The first-order valence-corrected chi connectivity index (χ1v) is 11.3. The fourth-order valence-corrected chi connectivity index (χ4v) is 4.64. The molecule has 2 heterocycles. The number of hydrogen-bond donors (Lipinski definition) is 1. The van der Waals surface area contributed by atoms with Gasteiger partial charge in [0.05, 0.1) is 5.92 Å². The van der Waals surface area contributed by atoms with E-state index in [9.17, 15) is 18.0 Å². The SMILES string of the molecule is CC(C)CNC(=O)[C@@H](C)OC(=O)C1CCN(C2=NS(=O)(=O)c3ccccc32)CC1. The largest absolute Gasteiger partial charge is 0.452 e. The van der Waals surface area contributed by atoms with Crippen molar-refractivity contribution in [1.82, 2.24) is 10.2 Å². The van der Waals surface area contributed by atoms with E-state index in [-0.39, 0.29) is 16.7 Å². The van der Waals surface area contributed by atoms with Crippen LogP contribution in [0.5, 0.6) is 0 Å². The summed E-state index contributed by atoms with van der Waals surface area (Å²) in [7, 11) is -3.66. The number of benzene rings is 1. The molecule has 1 aromatic carbocycles. The Bertz CT molecular complexity index is 918. The average molecular weight is 422 g/mol. The van der Waals surface area contributed by atoms with E-state index >= 15 is 0 Å². The zero-order chi connectivity index (χ0) is 21.2. The van der Waals surface area contributed by atoms with Crippen molar-refractivity contribution < 1.29 is 22.7 Å². The molecule has 0 aliphatic carbocycles. The Hall–Kier alpha value is -2.42. The highest BCUT2D eigenvalue weighted by Gasteiger charge is 2.35. The topological polar surface area (TPSA) is 105 Å². The molecule has 3 rings (SSSR count). The Morgan fingerprint density at radius 2 is 1.86 bits per heavy atom. The molecule has 0 unspecified atom stereocenters. The van der Waals surface area contributed by atoms with Crippen molar-refractivity contribution in [3.05, 3.63) is 29.8 Å². The van der Waals surface area contributed by atoms with Crippen molar-refractivity contribution in [2.24, 2.45) is 16.2 Å². The summed E-state index contributed by atoms with van der Waals surface area (Å²) < 4.78 is 33.7. The number of carbonyl (C=O) groups excluding carboxylic acids is 2. The van der Waals surface area contributed by atoms with Gasteiger partial charge in [-0.3, -0.25) is 9.59 Å². The molecule has 158 valence electrons. The Kier molecular flexibility index (Phi) is 6.26. The number of nitrogens with zero attached hydrogens (tertiary/aromatic N) is 2. The lowest BCUT2D eigenvalue weighted by Gasteiger charge is -2.32. The number of piperidine rings is 1. The summed E-state index contributed by atoms with van der Waals surface area (Å²) in [6.45, 7) is 7.07. The van der Waals surface area contributed by atoms with Gasteiger partial charge in [0.25, 0.3) is 15.9 Å². The van der Waals surface area contributed by atoms with Gasteiger partial charge in [0.2, 0.25) is 0 Å². The molecule has 1 saturated heterocycles. The molecular weight excluding hydrogens is 394 g/mol. The molecule has 0 radical (unpaired) electrons. The normalized spacial score (nSPS) is 19.4. The molecule has 1 amide bonds. The van der Waals surface area contributed by atoms with E-state index in [0.717, 1.165) is 0 Å². The second-order valence-corrected chi connectivity index (χ2v) is 9.44. The molecule has 1 fully saturated rings. The van der Waals surface area contributed by atoms with Crippen molar-refractivity contribution in [2.45, 2.75) is 44.6 Å². The summed E-state index contributed by atoms with van der Waals surface area (Å²) in [5, 5.41) is 2.75. The number of likely N-dealkylation sites (tertiary alicyclic amines) is 1. The highest BCUT2D eigenvalue weighted by atomic mass is 32.2. The first kappa shape index (κ1) is 21.3. The molecule has 2 aliphatic heterocycles. The minimum atomic E-state index is -3.66. The average Bonchev–Trinajstić information content (AvgIpc) is 2.97. The lowest BCUT2D eigenvalue weighted by molar-refractivity contribution is -0.159. The fraction of sp³-hybridized carbons (Fsp3) is 0.550. The maximum atomic E-state index is 12.4. The summed E-state index contributed by atoms with van der Waals surface area (Å²) in [5.74, 6) is -0.252. The fourth-order valence-electron chi connectivity index (χ4n) is 3.42. The number of sulfonamides is 1. The Morgan fingerprint density at radius 3 is 2.52 bits per heavy atom. The van der Waals surface area contributed by atoms with Gasteiger partial charge in [-0.2, -0.15) is 8.42 Å². The van der Waals surface area contributed by atoms with Gasteiger partial charge in [0, 0.05) is 25.2 Å². The smallest absolute Gasteiger partial charge is 0.309 e. The van der Waals surface area contributed by atoms with Gasteiger partial charge in [0.1, 0.15) is 4.90 Å². The number of carbonyl (C=O) groups is 2. The Balaban J connectivity index is 1.56. The number of fused-ring (bicyclic) bond motifs is 1. The maximum Gasteiger partial charge on any atom is 0.309 e. The van der Waals surface area contributed by atoms with E-state index in [1.165, 1.54) is 0 Å². The van der Waals surface area contributed by atoms with Crippen LogP contribution in [0.15, 0.2) is 33.6 Å². The molecule has 0 saturated carbocycles. The number of amides is 1. The number of esters is 1. The Labute approximate surface area is 171 Å². The van der Waals surface area contributed by atoms with Gasteiger partial charge < -0.3 is 15.0 Å². The first-order chi connectivity index (χ1) is 13.7. The minimum absolute atomic E-state index is 0.220. The molecule has 0 bridgehead atoms. The second kappa shape index (κ2) is 8.52. The molecule has 1 atom stereocenters. The summed E-state index contributed by atoms with van der Waals surface area (Å²) in [6.07, 6.45) is 0.191. The second-order valence-electron chi connectivity index (χ2n) is 7.87. The van der Waals surface area contributed by atoms with Crippen LogP contribution in [-0.2, 0) is 24.3 Å². The third-order valence-corrected chi connectivity index (χ3v) is 6.41. The third kappa shape index (κ3) is 4.77. The summed E-state index contributed by atoms with van der Waals surface area (Å²) in [5.41, 5.74) is 0.601. The van der Waals surface area contributed by atoms with Crippen LogP contribution in [0.4, 0.5) is 0 Å². The zero-order valence-electron chi connectivity index (χ0n) is 16.9. The van der Waals surface area contributed by atoms with Gasteiger partial charge in [-0.25, -0.2) is 0 Å². The Morgan fingerprint density at radius 1 is 1.21 bits per heavy atom. The molecule has 9 heteroatoms. The van der Waals surface area contributed by atoms with Gasteiger partial charge >= 0.3 is 5.97 Å². The first-order valence-electron chi connectivity index (χ1n) is 9.86. The summed E-state index contributed by atoms with van der Waals surface area (Å²) >= 11 is 0. The lowest BCUT2D eigenvalue weighted by Crippen LogP contribution is -2.42. The molecule has 0 aromatic heterocycles. The van der Waals surface area contributed by atoms with Crippen LogP contribution in [0, 0.1) is 11.8 Å². The van der Waals surface area contributed by atoms with Crippen LogP contribution >= 0.6 is 0 Å². The predicted molar refractivity (Wildman–Crippen MR) is 108 cm³/mol. The van der Waals surface area contributed by atoms with Crippen LogP contribution in [-0.4, -0.2) is 56.8 Å². The monoisotopic (exact) mass is 421 g/mol. The van der Waals surface area contributed by atoms with E-state index in [1.807, 2.05) is 18.7 Å². The van der Waals surface area contributed by atoms with E-state index in [2.05, 4.69) is 9.71 Å². The third-order valence-electron chi connectivity index (χ3n) is 5.09. The van der Waals surface area contributed by atoms with Crippen molar-refractivity contribution in [3.63, 3.8) is 0 Å². The molecule has 1 N–H and O–H groups in total. The van der Waals surface area contributed by atoms with Crippen LogP contribution in [0.1, 0.15) is 39.2 Å². The maximum absolute atomic E-state index is 12.4. The van der Waals surface area contributed by atoms with Gasteiger partial charge in [-0.05, 0) is 37.8 Å². The number of rotatable bonds is 5. The predicted octanol–water partition coefficient (Wildman–Crippen LogP) is 1.55. The summed E-state index contributed by atoms with van der Waals surface area (Å²) in [6, 6.07) is 6.76. The van der Waals surface area contributed by atoms with Crippen LogP contribution in [0.25, 0.3) is 0 Å². The number of nitrogens with one attached hydrogen (secondary N) is 1. The molecule has 1 aromatic rings. The van der Waals surface area contributed by atoms with Crippen LogP contribution in [0.2, 0.25) is 0 Å². The molecule has 8 nitrogen and oxygen atoms in total. The molecule has 2 aliphatic rings. The highest BCUT2D eigenvalue weighted by molar-refractivity contribution is 7.90. The van der Waals surface area contributed by atoms with Crippen molar-refractivity contribution in [3.8, 4) is 0 Å². The highest BCUT2D eigenvalue weighted by Crippen LogP contribution is 2.30. The van der Waals surface area contributed by atoms with Gasteiger partial charge in [-0.15, -0.1) is 4.40 Å². The standard InChI is InChI=1S/C20H27N3O5S/c1-13(2)12-21-19(24)14(3)28-20(25)15-8-10-23(11-9-15)18-16-6-4-5-7-17(16)29(26,27)22-18/h4-7,13-15H,8-12H2,1-3H3,(H,21,24)/t14-/m1/s1. The number of amidine groups is 1. The van der Waals surface area contributed by atoms with Crippen molar-refractivity contribution >= 4 is 27.7 Å². The minimum Gasteiger partial charge on any atom is -0.452 e. The lowest BCUT2D eigenvalue weighted by atomic mass is 9.96. The summed E-state index contributed by atoms with van der Waals surface area (Å²) in [4.78, 5) is 26.5. The molecule has 0 spiro atoms. The van der Waals surface area contributed by atoms with Crippen molar-refractivity contribution in [1.29, 1.82) is 0 Å². The van der Waals surface area contributed by atoms with E-state index in [1.54, 1.807) is 31.2 Å². The molecule has 29 heavy (non-hydrogen) atoms. The number of ether oxygens (including phenoxy) is 1. The van der Waals surface area contributed by atoms with E-state index in [0.29, 0.717) is 49.8 Å².